The largest absolute Gasteiger partial charge is 0.338 e. The van der Waals surface area contributed by atoms with Crippen molar-refractivity contribution in [3.8, 4) is 0 Å². The van der Waals surface area contributed by atoms with Crippen molar-refractivity contribution in [2.75, 3.05) is 13.1 Å². The van der Waals surface area contributed by atoms with E-state index in [1.54, 1.807) is 11.0 Å². The zero-order chi connectivity index (χ0) is 9.42. The summed E-state index contributed by atoms with van der Waals surface area (Å²) < 4.78 is 1.05. The molecule has 2 nitrogen and oxygen atoms in total. The van der Waals surface area contributed by atoms with Crippen molar-refractivity contribution in [1.82, 2.24) is 4.90 Å². The molecule has 1 aromatic heterocycles. The fourth-order valence-electron chi connectivity index (χ4n) is 1.18. The maximum absolute atomic E-state index is 11.7. The van der Waals surface area contributed by atoms with Crippen LogP contribution in [0.3, 0.4) is 0 Å². The van der Waals surface area contributed by atoms with Crippen molar-refractivity contribution in [3.05, 3.63) is 20.3 Å². The van der Waals surface area contributed by atoms with Gasteiger partial charge in [0.1, 0.15) is 4.34 Å². The molecule has 13 heavy (non-hydrogen) atoms. The van der Waals surface area contributed by atoms with Gasteiger partial charge in [-0.25, -0.2) is 0 Å². The van der Waals surface area contributed by atoms with Gasteiger partial charge in [0, 0.05) is 13.1 Å². The summed E-state index contributed by atoms with van der Waals surface area (Å²) in [6.45, 7) is 1.67. The Balaban J connectivity index is 2.23. The van der Waals surface area contributed by atoms with Gasteiger partial charge in [-0.15, -0.1) is 11.3 Å². The molecular formula is C8H7Cl2NOS. The standard InChI is InChI=1S/C8H7Cl2NOS/c9-6-4-5(7(10)13-6)8(12)11-2-1-3-11/h4H,1-3H2. The topological polar surface area (TPSA) is 20.3 Å². The van der Waals surface area contributed by atoms with Crippen LogP contribution in [0.15, 0.2) is 6.07 Å². The van der Waals surface area contributed by atoms with E-state index in [1.165, 1.54) is 11.3 Å². The van der Waals surface area contributed by atoms with E-state index in [-0.39, 0.29) is 5.91 Å². The molecule has 0 N–H and O–H groups in total. The molecule has 0 radical (unpaired) electrons. The van der Waals surface area contributed by atoms with Gasteiger partial charge in [0.05, 0.1) is 9.90 Å². The van der Waals surface area contributed by atoms with Gasteiger partial charge in [-0.1, -0.05) is 23.2 Å². The van der Waals surface area contributed by atoms with Gasteiger partial charge in [-0.2, -0.15) is 0 Å². The van der Waals surface area contributed by atoms with Crippen molar-refractivity contribution >= 4 is 40.4 Å². The van der Waals surface area contributed by atoms with Crippen LogP contribution in [-0.4, -0.2) is 23.9 Å². The molecule has 0 unspecified atom stereocenters. The number of thiophene rings is 1. The third-order valence-electron chi connectivity index (χ3n) is 2.03. The Labute approximate surface area is 90.1 Å². The quantitative estimate of drug-likeness (QED) is 0.734. The molecule has 0 saturated carbocycles. The number of hydrogen-bond donors (Lipinski definition) is 0. The highest BCUT2D eigenvalue weighted by molar-refractivity contribution is 7.20. The first-order chi connectivity index (χ1) is 6.18. The van der Waals surface area contributed by atoms with Crippen LogP contribution in [0, 0.1) is 0 Å². The lowest BCUT2D eigenvalue weighted by molar-refractivity contribution is 0.0652. The molecule has 0 atom stereocenters. The van der Waals surface area contributed by atoms with E-state index in [4.69, 9.17) is 23.2 Å². The molecule has 0 aliphatic carbocycles. The normalized spacial score (nSPS) is 15.7. The predicted molar refractivity (Wildman–Crippen MR) is 54.9 cm³/mol. The molecular weight excluding hydrogens is 229 g/mol. The van der Waals surface area contributed by atoms with E-state index in [0.717, 1.165) is 19.5 Å². The lowest BCUT2D eigenvalue weighted by atomic mass is 10.2. The second-order valence-corrected chi connectivity index (χ2v) is 5.17. The van der Waals surface area contributed by atoms with Gasteiger partial charge >= 0.3 is 0 Å². The summed E-state index contributed by atoms with van der Waals surface area (Å²) in [5.41, 5.74) is 0.538. The van der Waals surface area contributed by atoms with Crippen LogP contribution in [0.5, 0.6) is 0 Å². The van der Waals surface area contributed by atoms with E-state index < -0.39 is 0 Å². The summed E-state index contributed by atoms with van der Waals surface area (Å²) in [4.78, 5) is 13.4. The van der Waals surface area contributed by atoms with Crippen LogP contribution in [-0.2, 0) is 0 Å². The third kappa shape index (κ3) is 1.68. The van der Waals surface area contributed by atoms with Gasteiger partial charge in [-0.3, -0.25) is 4.79 Å². The minimum absolute atomic E-state index is 0.000556. The Kier molecular flexibility index (Phi) is 2.49. The Bertz CT molecular complexity index is 346. The van der Waals surface area contributed by atoms with Crippen molar-refractivity contribution in [2.24, 2.45) is 0 Å². The lowest BCUT2D eigenvalue weighted by Gasteiger charge is -2.30. The van der Waals surface area contributed by atoms with Crippen LogP contribution in [0.1, 0.15) is 16.8 Å². The first-order valence-corrected chi connectivity index (χ1v) is 5.50. The van der Waals surface area contributed by atoms with Crippen LogP contribution >= 0.6 is 34.5 Å². The Morgan fingerprint density at radius 2 is 2.15 bits per heavy atom. The van der Waals surface area contributed by atoms with E-state index in [1.807, 2.05) is 0 Å². The van der Waals surface area contributed by atoms with Crippen LogP contribution in [0.25, 0.3) is 0 Å². The van der Waals surface area contributed by atoms with Crippen LogP contribution in [0.4, 0.5) is 0 Å². The number of likely N-dealkylation sites (tertiary alicyclic amines) is 1. The number of nitrogens with zero attached hydrogens (tertiary/aromatic N) is 1. The molecule has 0 spiro atoms. The Morgan fingerprint density at radius 3 is 2.54 bits per heavy atom. The van der Waals surface area contributed by atoms with Gasteiger partial charge in [0.15, 0.2) is 0 Å². The summed E-state index contributed by atoms with van der Waals surface area (Å²) in [5, 5.41) is 0. The molecule has 1 amide bonds. The first kappa shape index (κ1) is 9.31. The molecule has 1 aromatic rings. The maximum atomic E-state index is 11.7. The zero-order valence-electron chi connectivity index (χ0n) is 6.72. The highest BCUT2D eigenvalue weighted by atomic mass is 35.5. The molecule has 0 bridgehead atoms. The SMILES string of the molecule is O=C(c1cc(Cl)sc1Cl)N1CCC1. The molecule has 70 valence electrons. The fraction of sp³-hybridized carbons (Fsp3) is 0.375. The molecule has 2 rings (SSSR count). The highest BCUT2D eigenvalue weighted by Crippen LogP contribution is 2.32. The Hall–Kier alpha value is -0.250. The number of carbonyl (C=O) groups is 1. The first-order valence-electron chi connectivity index (χ1n) is 3.92. The zero-order valence-corrected chi connectivity index (χ0v) is 9.05. The van der Waals surface area contributed by atoms with E-state index >= 15 is 0 Å². The molecule has 0 aromatic carbocycles. The molecule has 1 aliphatic heterocycles. The monoisotopic (exact) mass is 235 g/mol. The molecule has 1 aliphatic rings. The number of rotatable bonds is 1. The predicted octanol–water partition coefficient (Wildman–Crippen LogP) is 2.90. The minimum atomic E-state index is -0.000556. The van der Waals surface area contributed by atoms with Crippen LogP contribution < -0.4 is 0 Å². The number of amides is 1. The van der Waals surface area contributed by atoms with Crippen molar-refractivity contribution in [3.63, 3.8) is 0 Å². The molecule has 5 heteroatoms. The second kappa shape index (κ2) is 3.48. The second-order valence-electron chi connectivity index (χ2n) is 2.88. The van der Waals surface area contributed by atoms with Gasteiger partial charge in [0.25, 0.3) is 5.91 Å². The van der Waals surface area contributed by atoms with Crippen LogP contribution in [0.2, 0.25) is 8.67 Å². The van der Waals surface area contributed by atoms with Crippen molar-refractivity contribution in [1.29, 1.82) is 0 Å². The summed E-state index contributed by atoms with van der Waals surface area (Å²) >= 11 is 12.8. The molecule has 1 saturated heterocycles. The lowest BCUT2D eigenvalue weighted by Crippen LogP contribution is -2.41. The van der Waals surface area contributed by atoms with E-state index in [2.05, 4.69) is 0 Å². The van der Waals surface area contributed by atoms with Gasteiger partial charge in [0.2, 0.25) is 0 Å². The number of hydrogen-bond acceptors (Lipinski definition) is 2. The average Bonchev–Trinajstić information content (AvgIpc) is 2.26. The molecule has 2 heterocycles. The number of carbonyl (C=O) groups excluding carboxylic acids is 1. The number of halogens is 2. The van der Waals surface area contributed by atoms with Gasteiger partial charge < -0.3 is 4.90 Å². The third-order valence-corrected chi connectivity index (χ3v) is 3.52. The summed E-state index contributed by atoms with van der Waals surface area (Å²) in [7, 11) is 0. The Morgan fingerprint density at radius 1 is 1.46 bits per heavy atom. The van der Waals surface area contributed by atoms with Crippen molar-refractivity contribution < 1.29 is 4.79 Å². The minimum Gasteiger partial charge on any atom is -0.338 e. The summed E-state index contributed by atoms with van der Waals surface area (Å²) in [6, 6.07) is 1.63. The average molecular weight is 236 g/mol. The van der Waals surface area contributed by atoms with E-state index in [9.17, 15) is 4.79 Å². The fourth-order valence-corrected chi connectivity index (χ4v) is 2.62. The summed E-state index contributed by atoms with van der Waals surface area (Å²) in [5.74, 6) is -0.000556. The van der Waals surface area contributed by atoms with Crippen molar-refractivity contribution in [2.45, 2.75) is 6.42 Å². The highest BCUT2D eigenvalue weighted by Gasteiger charge is 2.24. The smallest absolute Gasteiger partial charge is 0.256 e. The molecule has 1 fully saturated rings. The van der Waals surface area contributed by atoms with E-state index in [0.29, 0.717) is 14.2 Å². The maximum Gasteiger partial charge on any atom is 0.256 e. The van der Waals surface area contributed by atoms with Gasteiger partial charge in [-0.05, 0) is 12.5 Å². The summed E-state index contributed by atoms with van der Waals surface area (Å²) in [6.07, 6.45) is 1.08.